The Bertz CT molecular complexity index is 458. The third-order valence-electron chi connectivity index (χ3n) is 2.48. The minimum Gasteiger partial charge on any atom is -0.466 e. The lowest BCUT2D eigenvalue weighted by atomic mass is 9.92. The zero-order chi connectivity index (χ0) is 17.9. The highest BCUT2D eigenvalue weighted by atomic mass is 16.6. The molecule has 0 aromatic heterocycles. The molecule has 0 aliphatic rings. The number of unbranched alkanes of at least 4 members (excludes halogenated alkanes) is 1. The number of methoxy groups -OCH3 is 1. The summed E-state index contributed by atoms with van der Waals surface area (Å²) in [7, 11) is 1.20. The topological polar surface area (TPSA) is 96.0 Å². The summed E-state index contributed by atoms with van der Waals surface area (Å²) >= 11 is 0. The summed E-state index contributed by atoms with van der Waals surface area (Å²) in [4.78, 5) is 44.8. The van der Waals surface area contributed by atoms with E-state index in [2.05, 4.69) is 9.47 Å². The molecule has 0 spiro atoms. The van der Waals surface area contributed by atoms with Crippen molar-refractivity contribution < 1.29 is 33.4 Å². The van der Waals surface area contributed by atoms with Gasteiger partial charge < -0.3 is 14.2 Å². The van der Waals surface area contributed by atoms with E-state index in [1.807, 2.05) is 20.8 Å². The summed E-state index contributed by atoms with van der Waals surface area (Å²) in [5, 5.41) is 0. The Morgan fingerprint density at radius 1 is 0.913 bits per heavy atom. The first-order valence-corrected chi connectivity index (χ1v) is 7.30. The van der Waals surface area contributed by atoms with Gasteiger partial charge >= 0.3 is 23.9 Å². The van der Waals surface area contributed by atoms with Gasteiger partial charge in [-0.15, -0.1) is 0 Å². The van der Waals surface area contributed by atoms with Crippen molar-refractivity contribution in [2.75, 3.05) is 13.7 Å². The Kier molecular flexibility index (Phi) is 9.53. The van der Waals surface area contributed by atoms with E-state index >= 15 is 0 Å². The van der Waals surface area contributed by atoms with Gasteiger partial charge in [0.15, 0.2) is 0 Å². The molecule has 0 radical (unpaired) electrons. The van der Waals surface area contributed by atoms with Crippen LogP contribution in [0.4, 0.5) is 0 Å². The zero-order valence-electron chi connectivity index (χ0n) is 14.0. The van der Waals surface area contributed by atoms with Crippen LogP contribution in [0.15, 0.2) is 12.2 Å². The third kappa shape index (κ3) is 13.2. The molecule has 0 aromatic rings. The molecule has 7 heteroatoms. The number of ether oxygens (including phenoxy) is 3. The molecule has 0 saturated heterocycles. The van der Waals surface area contributed by atoms with Crippen LogP contribution >= 0.6 is 0 Å². The smallest absolute Gasteiger partial charge is 0.331 e. The molecule has 0 saturated carbocycles. The van der Waals surface area contributed by atoms with Crippen molar-refractivity contribution in [1.82, 2.24) is 0 Å². The maximum absolute atomic E-state index is 11.4. The van der Waals surface area contributed by atoms with Crippen LogP contribution in [0.25, 0.3) is 0 Å². The predicted octanol–water partition coefficient (Wildman–Crippen LogP) is 1.94. The normalized spacial score (nSPS) is 11.1. The van der Waals surface area contributed by atoms with Gasteiger partial charge in [0, 0.05) is 18.6 Å². The molecule has 0 N–H and O–H groups in total. The minimum atomic E-state index is -0.668. The van der Waals surface area contributed by atoms with Gasteiger partial charge in [-0.3, -0.25) is 9.59 Å². The summed E-state index contributed by atoms with van der Waals surface area (Å²) in [5.74, 6) is -2.44. The van der Waals surface area contributed by atoms with Gasteiger partial charge in [0.05, 0.1) is 20.1 Å². The van der Waals surface area contributed by atoms with Crippen molar-refractivity contribution >= 4 is 23.9 Å². The maximum atomic E-state index is 11.4. The highest BCUT2D eigenvalue weighted by Crippen LogP contribution is 2.19. The van der Waals surface area contributed by atoms with E-state index in [1.54, 1.807) is 0 Å². The zero-order valence-corrected chi connectivity index (χ0v) is 14.0. The molecule has 0 aromatic carbocycles. The third-order valence-corrected chi connectivity index (χ3v) is 2.48. The van der Waals surface area contributed by atoms with E-state index in [0.29, 0.717) is 12.8 Å². The molecule has 23 heavy (non-hydrogen) atoms. The largest absolute Gasteiger partial charge is 0.466 e. The van der Waals surface area contributed by atoms with Crippen LogP contribution in [-0.2, 0) is 33.4 Å². The predicted molar refractivity (Wildman–Crippen MR) is 81.1 cm³/mol. The molecule has 0 heterocycles. The molecule has 0 aliphatic heterocycles. The summed E-state index contributed by atoms with van der Waals surface area (Å²) < 4.78 is 13.8. The highest BCUT2D eigenvalue weighted by molar-refractivity contribution is 5.91. The molecule has 0 amide bonds. The first-order valence-electron chi connectivity index (χ1n) is 7.30. The van der Waals surface area contributed by atoms with Crippen LogP contribution < -0.4 is 0 Å². The fraction of sp³-hybridized carbons (Fsp3) is 0.625. The Balaban J connectivity index is 3.78. The first-order chi connectivity index (χ1) is 10.6. The van der Waals surface area contributed by atoms with Gasteiger partial charge in [-0.2, -0.15) is 0 Å². The van der Waals surface area contributed by atoms with Crippen LogP contribution in [0.5, 0.6) is 0 Å². The van der Waals surface area contributed by atoms with Gasteiger partial charge in [0.25, 0.3) is 0 Å². The molecule has 0 bridgehead atoms. The van der Waals surface area contributed by atoms with Crippen molar-refractivity contribution in [2.45, 2.75) is 46.5 Å². The van der Waals surface area contributed by atoms with Gasteiger partial charge in [-0.25, -0.2) is 9.59 Å². The second-order valence-corrected chi connectivity index (χ2v) is 6.06. The fourth-order valence-corrected chi connectivity index (χ4v) is 1.44. The lowest BCUT2D eigenvalue weighted by Crippen LogP contribution is -2.18. The standard InChI is InChI=1S/C16H24O7/c1-16(2,3)11-15(20)23-14(19)7-5-6-10-22-13(18)9-8-12(17)21-4/h8-9H,5-7,10-11H2,1-4H3/b9-8-. The van der Waals surface area contributed by atoms with Gasteiger partial charge in [0.2, 0.25) is 0 Å². The van der Waals surface area contributed by atoms with E-state index in [9.17, 15) is 19.2 Å². The Morgan fingerprint density at radius 3 is 2.09 bits per heavy atom. The van der Waals surface area contributed by atoms with Gasteiger partial charge in [0.1, 0.15) is 0 Å². The maximum Gasteiger partial charge on any atom is 0.331 e. The highest BCUT2D eigenvalue weighted by Gasteiger charge is 2.19. The van der Waals surface area contributed by atoms with Crippen LogP contribution in [-0.4, -0.2) is 37.6 Å². The molecule has 130 valence electrons. The minimum absolute atomic E-state index is 0.0748. The molecule has 0 unspecified atom stereocenters. The monoisotopic (exact) mass is 328 g/mol. The van der Waals surface area contributed by atoms with Gasteiger partial charge in [-0.05, 0) is 18.3 Å². The van der Waals surface area contributed by atoms with E-state index in [0.717, 1.165) is 12.2 Å². The Morgan fingerprint density at radius 2 is 1.52 bits per heavy atom. The lowest BCUT2D eigenvalue weighted by Gasteiger charge is -2.15. The molecule has 7 nitrogen and oxygen atoms in total. The molecule has 0 fully saturated rings. The van der Waals surface area contributed by atoms with Crippen LogP contribution in [0, 0.1) is 5.41 Å². The summed E-state index contributed by atoms with van der Waals surface area (Å²) in [6.07, 6.45) is 3.04. The SMILES string of the molecule is COC(=O)/C=C\C(=O)OCCCCC(=O)OC(=O)CC(C)(C)C. The van der Waals surface area contributed by atoms with Crippen molar-refractivity contribution in [3.05, 3.63) is 12.2 Å². The van der Waals surface area contributed by atoms with Crippen molar-refractivity contribution in [3.63, 3.8) is 0 Å². The molecule has 0 rings (SSSR count). The van der Waals surface area contributed by atoms with Crippen LogP contribution in [0.2, 0.25) is 0 Å². The number of hydrogen-bond donors (Lipinski definition) is 0. The Labute approximate surface area is 136 Å². The summed E-state index contributed by atoms with van der Waals surface area (Å²) in [6, 6.07) is 0. The van der Waals surface area contributed by atoms with E-state index in [4.69, 9.17) is 4.74 Å². The van der Waals surface area contributed by atoms with Crippen molar-refractivity contribution in [2.24, 2.45) is 5.41 Å². The van der Waals surface area contributed by atoms with Crippen molar-refractivity contribution in [1.29, 1.82) is 0 Å². The number of hydrogen-bond acceptors (Lipinski definition) is 7. The van der Waals surface area contributed by atoms with E-state index in [1.165, 1.54) is 7.11 Å². The van der Waals surface area contributed by atoms with Crippen LogP contribution in [0.1, 0.15) is 46.5 Å². The first kappa shape index (κ1) is 20.8. The number of rotatable bonds is 8. The number of carbonyl (C=O) groups is 4. The Hall–Kier alpha value is -2.18. The number of carbonyl (C=O) groups excluding carboxylic acids is 4. The van der Waals surface area contributed by atoms with Crippen molar-refractivity contribution in [3.8, 4) is 0 Å². The fourth-order valence-electron chi connectivity index (χ4n) is 1.44. The second-order valence-electron chi connectivity index (χ2n) is 6.06. The average Bonchev–Trinajstić information content (AvgIpc) is 2.41. The average molecular weight is 328 g/mol. The summed E-state index contributed by atoms with van der Waals surface area (Å²) in [5.41, 5.74) is -0.233. The van der Waals surface area contributed by atoms with E-state index in [-0.39, 0.29) is 24.9 Å². The second kappa shape index (κ2) is 10.5. The molecule has 0 aliphatic carbocycles. The molecular weight excluding hydrogens is 304 g/mol. The van der Waals surface area contributed by atoms with E-state index < -0.39 is 23.9 Å². The van der Waals surface area contributed by atoms with Gasteiger partial charge in [-0.1, -0.05) is 20.8 Å². The lowest BCUT2D eigenvalue weighted by molar-refractivity contribution is -0.161. The van der Waals surface area contributed by atoms with Crippen LogP contribution in [0.3, 0.4) is 0 Å². The molecular formula is C16H24O7. The summed E-state index contributed by atoms with van der Waals surface area (Å²) in [6.45, 7) is 5.73. The quantitative estimate of drug-likeness (QED) is 0.221. The molecule has 0 atom stereocenters. The number of esters is 4.